The van der Waals surface area contributed by atoms with Gasteiger partial charge in [-0.2, -0.15) is 0 Å². The molecule has 0 aliphatic rings. The van der Waals surface area contributed by atoms with Crippen LogP contribution in [0.15, 0.2) is 77.8 Å². The number of urea groups is 1. The number of rotatable bonds is 16. The van der Waals surface area contributed by atoms with E-state index in [9.17, 15) is 19.5 Å². The van der Waals surface area contributed by atoms with Crippen molar-refractivity contribution in [3.8, 4) is 5.06 Å². The van der Waals surface area contributed by atoms with Crippen molar-refractivity contribution in [1.29, 1.82) is 0 Å². The molecule has 4 rings (SSSR count). The number of nitrogens with zero attached hydrogens (tertiary/aromatic N) is 4. The number of amides is 4. The number of likely N-dealkylation sites (N-methyl/N-ethyl adjacent to an activating group) is 1. The van der Waals surface area contributed by atoms with Crippen LogP contribution >= 0.6 is 22.7 Å². The minimum absolute atomic E-state index is 0.136. The van der Waals surface area contributed by atoms with Gasteiger partial charge in [-0.15, -0.1) is 11.3 Å². The second kappa shape index (κ2) is 18.6. The Labute approximate surface area is 302 Å². The average Bonchev–Trinajstić information content (AvgIpc) is 3.79. The van der Waals surface area contributed by atoms with Crippen LogP contribution < -0.4 is 15.4 Å². The third-order valence-electron chi connectivity index (χ3n) is 8.35. The predicted molar refractivity (Wildman–Crippen MR) is 197 cm³/mol. The van der Waals surface area contributed by atoms with E-state index in [4.69, 9.17) is 4.74 Å². The summed E-state index contributed by atoms with van der Waals surface area (Å²) in [5.41, 5.74) is 4.27. The van der Waals surface area contributed by atoms with E-state index in [2.05, 4.69) is 34.4 Å². The highest BCUT2D eigenvalue weighted by atomic mass is 32.1. The van der Waals surface area contributed by atoms with Crippen molar-refractivity contribution in [2.24, 2.45) is 5.92 Å². The van der Waals surface area contributed by atoms with E-state index in [1.807, 2.05) is 79.9 Å². The molecular formula is C37H48N6O5S2. The number of carbonyl (C=O) groups is 3. The summed E-state index contributed by atoms with van der Waals surface area (Å²) in [5, 5.41) is 21.2. The molecule has 0 unspecified atom stereocenters. The number of aromatic nitrogens is 2. The van der Waals surface area contributed by atoms with Crippen LogP contribution in [0, 0.1) is 5.92 Å². The average molecular weight is 721 g/mol. The van der Waals surface area contributed by atoms with Gasteiger partial charge in [0.15, 0.2) is 0 Å². The van der Waals surface area contributed by atoms with Gasteiger partial charge in [-0.3, -0.25) is 4.79 Å². The quantitative estimate of drug-likeness (QED) is 0.127. The molecule has 50 heavy (non-hydrogen) atoms. The molecule has 4 atom stereocenters. The van der Waals surface area contributed by atoms with Crippen molar-refractivity contribution in [1.82, 2.24) is 30.4 Å². The molecule has 13 heteroatoms. The first-order valence-electron chi connectivity index (χ1n) is 16.8. The van der Waals surface area contributed by atoms with Crippen molar-refractivity contribution < 1.29 is 24.2 Å². The Morgan fingerprint density at radius 1 is 0.900 bits per heavy atom. The van der Waals surface area contributed by atoms with Crippen molar-refractivity contribution in [2.75, 3.05) is 14.1 Å². The molecule has 2 aromatic heterocycles. The second-order valence-electron chi connectivity index (χ2n) is 13.1. The van der Waals surface area contributed by atoms with E-state index in [0.29, 0.717) is 30.4 Å². The van der Waals surface area contributed by atoms with Gasteiger partial charge < -0.3 is 30.3 Å². The summed E-state index contributed by atoms with van der Waals surface area (Å²) in [6.45, 7) is 8.22. The van der Waals surface area contributed by atoms with Crippen LogP contribution in [0.3, 0.4) is 0 Å². The van der Waals surface area contributed by atoms with Crippen LogP contribution in [0.4, 0.5) is 9.59 Å². The number of hydrogen-bond donors (Lipinski definition) is 3. The lowest BCUT2D eigenvalue weighted by atomic mass is 9.92. The first kappa shape index (κ1) is 38.5. The zero-order valence-corrected chi connectivity index (χ0v) is 31.1. The molecule has 0 saturated heterocycles. The fraction of sp³-hybridized carbons (Fsp3) is 0.432. The molecular weight excluding hydrogens is 673 g/mol. The highest BCUT2D eigenvalue weighted by Gasteiger charge is 2.33. The molecule has 0 radical (unpaired) electrons. The second-order valence-corrected chi connectivity index (χ2v) is 14.9. The van der Waals surface area contributed by atoms with Gasteiger partial charge in [0.05, 0.1) is 41.1 Å². The van der Waals surface area contributed by atoms with E-state index in [0.717, 1.165) is 21.8 Å². The summed E-state index contributed by atoms with van der Waals surface area (Å²) >= 11 is 2.77. The van der Waals surface area contributed by atoms with E-state index in [1.54, 1.807) is 30.9 Å². The number of nitrogens with one attached hydrogen (secondary N) is 2. The highest BCUT2D eigenvalue weighted by Crippen LogP contribution is 2.22. The largest absolute Gasteiger partial charge is 0.416 e. The smallest absolute Gasteiger partial charge is 0.397 e. The van der Waals surface area contributed by atoms with Gasteiger partial charge in [-0.05, 0) is 36.3 Å². The highest BCUT2D eigenvalue weighted by molar-refractivity contribution is 7.11. The summed E-state index contributed by atoms with van der Waals surface area (Å²) in [5.74, 6) is -0.279. The van der Waals surface area contributed by atoms with Gasteiger partial charge >= 0.3 is 12.1 Å². The van der Waals surface area contributed by atoms with Gasteiger partial charge in [0.1, 0.15) is 6.04 Å². The molecule has 2 heterocycles. The van der Waals surface area contributed by atoms with E-state index in [1.165, 1.54) is 27.3 Å². The first-order valence-corrected chi connectivity index (χ1v) is 18.5. The molecule has 0 aliphatic heterocycles. The molecule has 3 N–H and O–H groups in total. The molecule has 4 amide bonds. The summed E-state index contributed by atoms with van der Waals surface area (Å²) in [6.07, 6.45) is 0.719. The number of hydrogen-bond acceptors (Lipinski definition) is 9. The minimum Gasteiger partial charge on any atom is -0.397 e. The monoisotopic (exact) mass is 720 g/mol. The number of aliphatic hydroxyl groups is 1. The van der Waals surface area contributed by atoms with Gasteiger partial charge in [-0.1, -0.05) is 99.7 Å². The van der Waals surface area contributed by atoms with Crippen molar-refractivity contribution in [3.63, 3.8) is 0 Å². The van der Waals surface area contributed by atoms with Crippen LogP contribution in [0.1, 0.15) is 61.9 Å². The molecule has 0 bridgehead atoms. The maximum atomic E-state index is 13.9. The topological polar surface area (TPSA) is 137 Å². The SMILES string of the molecule is CC(C)c1nc(CN(C)C(=O)N[C@H](C(=O)N[C@@H](Cc2ccccc2)C[C@H](O)[C@H](Cc2ccccc2)N(C)C(=O)Oc2cncs2)C(C)C)cs1. The van der Waals surface area contributed by atoms with Crippen LogP contribution in [0.25, 0.3) is 0 Å². The zero-order chi connectivity index (χ0) is 36.2. The Morgan fingerprint density at radius 2 is 1.54 bits per heavy atom. The Kier molecular flexibility index (Phi) is 14.3. The van der Waals surface area contributed by atoms with Gasteiger partial charge in [0.25, 0.3) is 0 Å². The van der Waals surface area contributed by atoms with E-state index < -0.39 is 30.3 Å². The maximum Gasteiger partial charge on any atom is 0.416 e. The molecule has 4 aromatic rings. The Bertz CT molecular complexity index is 1630. The van der Waals surface area contributed by atoms with E-state index in [-0.39, 0.29) is 24.3 Å². The van der Waals surface area contributed by atoms with Gasteiger partial charge in [0.2, 0.25) is 11.0 Å². The third kappa shape index (κ3) is 11.4. The van der Waals surface area contributed by atoms with Gasteiger partial charge in [0, 0.05) is 31.4 Å². The molecule has 0 spiro atoms. The lowest BCUT2D eigenvalue weighted by Crippen LogP contribution is -2.56. The Balaban J connectivity index is 1.51. The molecule has 11 nitrogen and oxygen atoms in total. The van der Waals surface area contributed by atoms with Crippen molar-refractivity contribution in [3.05, 3.63) is 99.6 Å². The number of ether oxygens (including phenoxy) is 1. The Morgan fingerprint density at radius 3 is 2.10 bits per heavy atom. The minimum atomic E-state index is -1.05. The fourth-order valence-corrected chi connectivity index (χ4v) is 6.81. The number of aliphatic hydroxyl groups excluding tert-OH is 1. The summed E-state index contributed by atoms with van der Waals surface area (Å²) in [4.78, 5) is 52.0. The molecule has 2 aromatic carbocycles. The van der Waals surface area contributed by atoms with E-state index >= 15 is 0 Å². The third-order valence-corrected chi connectivity index (χ3v) is 10.2. The zero-order valence-electron chi connectivity index (χ0n) is 29.5. The fourth-order valence-electron chi connectivity index (χ4n) is 5.52. The summed E-state index contributed by atoms with van der Waals surface area (Å²) in [7, 11) is 3.28. The van der Waals surface area contributed by atoms with Crippen LogP contribution in [0.2, 0.25) is 0 Å². The first-order chi connectivity index (χ1) is 23.9. The molecule has 268 valence electrons. The van der Waals surface area contributed by atoms with Crippen LogP contribution in [-0.4, -0.2) is 81.2 Å². The normalized spacial score (nSPS) is 13.7. The summed E-state index contributed by atoms with van der Waals surface area (Å²) < 4.78 is 5.53. The summed E-state index contributed by atoms with van der Waals surface area (Å²) in [6, 6.07) is 16.9. The lowest BCUT2D eigenvalue weighted by Gasteiger charge is -2.34. The van der Waals surface area contributed by atoms with Crippen LogP contribution in [0.5, 0.6) is 5.06 Å². The standard InChI is InChI=1S/C37H48N6O5S2/c1-24(2)33(41-36(46)42(5)21-29-22-49-35(40-29)25(3)4)34(45)39-28(17-26-13-9-7-10-14-26)19-31(44)30(18-27-15-11-8-12-16-27)43(6)37(47)48-32-20-38-23-50-32/h7-16,20,22-25,28,30-31,33,44H,17-19,21H2,1-6H3,(H,39,45)(H,41,46)/t28-,30-,31-,33-/m0/s1. The maximum absolute atomic E-state index is 13.9. The lowest BCUT2D eigenvalue weighted by molar-refractivity contribution is -0.124. The van der Waals surface area contributed by atoms with Gasteiger partial charge in [-0.25, -0.2) is 19.6 Å². The molecule has 0 fully saturated rings. The molecule has 0 saturated carbocycles. The Hall–Kier alpha value is -4.33. The number of thiazole rings is 2. The predicted octanol–water partition coefficient (Wildman–Crippen LogP) is 6.11. The number of benzene rings is 2. The molecule has 0 aliphatic carbocycles. The van der Waals surface area contributed by atoms with Crippen LogP contribution in [-0.2, 0) is 24.2 Å². The van der Waals surface area contributed by atoms with Crippen molar-refractivity contribution in [2.45, 2.75) is 83.6 Å². The number of carbonyl (C=O) groups excluding carboxylic acids is 3. The van der Waals surface area contributed by atoms with Crippen molar-refractivity contribution >= 4 is 40.7 Å².